The molecule has 0 radical (unpaired) electrons. The van der Waals surface area contributed by atoms with Crippen LogP contribution in [0, 0.1) is 24.0 Å². The summed E-state index contributed by atoms with van der Waals surface area (Å²) < 4.78 is 7.02. The lowest BCUT2D eigenvalue weighted by Gasteiger charge is -2.13. The van der Waals surface area contributed by atoms with Crippen molar-refractivity contribution >= 4 is 17.3 Å². The summed E-state index contributed by atoms with van der Waals surface area (Å²) in [5.74, 6) is 0.0830. The lowest BCUT2D eigenvalue weighted by Crippen LogP contribution is -2.47. The zero-order chi connectivity index (χ0) is 17.9. The van der Waals surface area contributed by atoms with E-state index in [2.05, 4.69) is 5.32 Å². The fourth-order valence-electron chi connectivity index (χ4n) is 2.41. The molecule has 7 heteroatoms. The first-order chi connectivity index (χ1) is 11.3. The number of nitro benzene ring substituents is 1. The molecule has 1 N–H and O–H groups in total. The summed E-state index contributed by atoms with van der Waals surface area (Å²) in [6.45, 7) is 5.68. The second-order valence-corrected chi connectivity index (χ2v) is 5.49. The smallest absolute Gasteiger partial charge is 0.293 e. The van der Waals surface area contributed by atoms with Gasteiger partial charge in [-0.2, -0.15) is 4.57 Å². The number of nitrogens with one attached hydrogen (secondary N) is 1. The van der Waals surface area contributed by atoms with Gasteiger partial charge in [-0.3, -0.25) is 14.9 Å². The van der Waals surface area contributed by atoms with E-state index in [0.29, 0.717) is 5.75 Å². The highest BCUT2D eigenvalue weighted by Crippen LogP contribution is 2.29. The van der Waals surface area contributed by atoms with Crippen LogP contribution in [-0.2, 0) is 4.79 Å². The Morgan fingerprint density at radius 1 is 1.33 bits per heavy atom. The summed E-state index contributed by atoms with van der Waals surface area (Å²) in [4.78, 5) is 23.0. The average molecular weight is 330 g/mol. The third kappa shape index (κ3) is 3.51. The van der Waals surface area contributed by atoms with E-state index in [4.69, 9.17) is 4.74 Å². The number of carbonyl (C=O) groups is 1. The van der Waals surface area contributed by atoms with Crippen LogP contribution in [0.15, 0.2) is 36.5 Å². The number of aryl methyl sites for hydroxylation is 1. The molecule has 0 aliphatic rings. The maximum atomic E-state index is 12.6. The first-order valence-corrected chi connectivity index (χ1v) is 7.45. The molecule has 0 fully saturated rings. The summed E-state index contributed by atoms with van der Waals surface area (Å²) in [5.41, 5.74) is 2.21. The van der Waals surface area contributed by atoms with E-state index in [9.17, 15) is 14.9 Å². The van der Waals surface area contributed by atoms with Crippen LogP contribution < -0.4 is 14.6 Å². The molecule has 7 nitrogen and oxygen atoms in total. The van der Waals surface area contributed by atoms with Crippen LogP contribution in [0.25, 0.3) is 0 Å². The third-order valence-electron chi connectivity index (χ3n) is 4.00. The van der Waals surface area contributed by atoms with Crippen molar-refractivity contribution < 1.29 is 19.0 Å². The van der Waals surface area contributed by atoms with Crippen molar-refractivity contribution in [3.8, 4) is 5.75 Å². The Morgan fingerprint density at radius 2 is 2.04 bits per heavy atom. The number of pyridine rings is 1. The van der Waals surface area contributed by atoms with Gasteiger partial charge in [-0.15, -0.1) is 0 Å². The van der Waals surface area contributed by atoms with Gasteiger partial charge >= 0.3 is 0 Å². The standard InChI is InChI=1S/C17H19N3O4/c1-11-6-5-9-19(12(11)2)13(3)17(21)18-15-10-14(20(22)23)7-8-16(15)24-4/h5-10,13H,1-4H3/p+1/t13-/m0/s1. The minimum Gasteiger partial charge on any atom is -0.495 e. The predicted molar refractivity (Wildman–Crippen MR) is 89.1 cm³/mol. The molecule has 2 aromatic rings. The number of rotatable bonds is 5. The third-order valence-corrected chi connectivity index (χ3v) is 4.00. The van der Waals surface area contributed by atoms with Crippen LogP contribution in [0.1, 0.15) is 24.2 Å². The highest BCUT2D eigenvalue weighted by molar-refractivity contribution is 5.94. The Bertz CT molecular complexity index is 789. The fourth-order valence-corrected chi connectivity index (χ4v) is 2.41. The van der Waals surface area contributed by atoms with Gasteiger partial charge in [0.2, 0.25) is 6.04 Å². The Morgan fingerprint density at radius 3 is 2.67 bits per heavy atom. The van der Waals surface area contributed by atoms with E-state index in [1.54, 1.807) is 6.92 Å². The SMILES string of the molecule is COc1ccc([N+](=O)[O-])cc1NC(=O)[C@H](C)[n+]1cccc(C)c1C. The molecule has 2 rings (SSSR count). The molecule has 0 bridgehead atoms. The number of hydrogen-bond donors (Lipinski definition) is 1. The molecule has 0 saturated heterocycles. The van der Waals surface area contributed by atoms with Gasteiger partial charge in [-0.05, 0) is 19.1 Å². The van der Waals surface area contributed by atoms with Gasteiger partial charge in [-0.25, -0.2) is 0 Å². The van der Waals surface area contributed by atoms with E-state index in [0.717, 1.165) is 11.3 Å². The quantitative estimate of drug-likeness (QED) is 0.519. The van der Waals surface area contributed by atoms with Gasteiger partial charge in [0.1, 0.15) is 5.75 Å². The number of nitrogens with zero attached hydrogens (tertiary/aromatic N) is 2. The molecule has 24 heavy (non-hydrogen) atoms. The first-order valence-electron chi connectivity index (χ1n) is 7.45. The van der Waals surface area contributed by atoms with Crippen molar-refractivity contribution in [3.63, 3.8) is 0 Å². The fraction of sp³-hybridized carbons (Fsp3) is 0.294. The lowest BCUT2D eigenvalue weighted by molar-refractivity contribution is -0.711. The van der Waals surface area contributed by atoms with Crippen LogP contribution in [0.2, 0.25) is 0 Å². The van der Waals surface area contributed by atoms with Crippen LogP contribution in [0.4, 0.5) is 11.4 Å². The van der Waals surface area contributed by atoms with E-state index in [-0.39, 0.29) is 17.3 Å². The summed E-state index contributed by atoms with van der Waals surface area (Å²) in [7, 11) is 1.44. The molecule has 0 spiro atoms. The second-order valence-electron chi connectivity index (χ2n) is 5.49. The lowest BCUT2D eigenvalue weighted by atomic mass is 10.2. The Labute approximate surface area is 140 Å². The molecule has 0 aliphatic carbocycles. The molecular weight excluding hydrogens is 310 g/mol. The molecule has 1 aromatic carbocycles. The normalized spacial score (nSPS) is 11.7. The molecule has 1 atom stereocenters. The minimum absolute atomic E-state index is 0.113. The first kappa shape index (κ1) is 17.4. The Balaban J connectivity index is 2.30. The van der Waals surface area contributed by atoms with Gasteiger partial charge in [0, 0.05) is 37.6 Å². The zero-order valence-corrected chi connectivity index (χ0v) is 14.1. The van der Waals surface area contributed by atoms with E-state index >= 15 is 0 Å². The monoisotopic (exact) mass is 330 g/mol. The van der Waals surface area contributed by atoms with Crippen molar-refractivity contribution in [1.82, 2.24) is 0 Å². The minimum atomic E-state index is -0.516. The van der Waals surface area contributed by atoms with Crippen molar-refractivity contribution in [3.05, 3.63) is 57.9 Å². The van der Waals surface area contributed by atoms with Gasteiger partial charge < -0.3 is 10.1 Å². The summed E-state index contributed by atoms with van der Waals surface area (Å²) >= 11 is 0. The van der Waals surface area contributed by atoms with Crippen molar-refractivity contribution in [1.29, 1.82) is 0 Å². The van der Waals surface area contributed by atoms with Crippen molar-refractivity contribution in [2.24, 2.45) is 0 Å². The van der Waals surface area contributed by atoms with Gasteiger partial charge in [0.25, 0.3) is 11.6 Å². The molecule has 0 saturated carbocycles. The van der Waals surface area contributed by atoms with Crippen molar-refractivity contribution in [2.45, 2.75) is 26.8 Å². The highest BCUT2D eigenvalue weighted by atomic mass is 16.6. The number of hydrogen-bond acceptors (Lipinski definition) is 4. The second kappa shape index (κ2) is 7.08. The number of anilines is 1. The number of ether oxygens (including phenoxy) is 1. The molecular formula is C17H20N3O4+. The maximum Gasteiger partial charge on any atom is 0.293 e. The van der Waals surface area contributed by atoms with Gasteiger partial charge in [0.15, 0.2) is 11.9 Å². The highest BCUT2D eigenvalue weighted by Gasteiger charge is 2.26. The molecule has 1 heterocycles. The van der Waals surface area contributed by atoms with Crippen LogP contribution in [0.3, 0.4) is 0 Å². The summed E-state index contributed by atoms with van der Waals surface area (Å²) in [6.07, 6.45) is 1.83. The van der Waals surface area contributed by atoms with Gasteiger partial charge in [-0.1, -0.05) is 0 Å². The molecule has 0 unspecified atom stereocenters. The van der Waals surface area contributed by atoms with Crippen LogP contribution in [0.5, 0.6) is 5.75 Å². The van der Waals surface area contributed by atoms with E-state index in [1.165, 1.54) is 25.3 Å². The van der Waals surface area contributed by atoms with Crippen LogP contribution in [-0.4, -0.2) is 17.9 Å². The number of nitro groups is 1. The predicted octanol–water partition coefficient (Wildman–Crippen LogP) is 2.71. The Kier molecular flexibility index (Phi) is 5.13. The topological polar surface area (TPSA) is 85.3 Å². The maximum absolute atomic E-state index is 12.6. The number of non-ortho nitro benzene ring substituents is 1. The summed E-state index contributed by atoms with van der Waals surface area (Å²) in [5, 5.41) is 13.6. The molecule has 1 amide bonds. The van der Waals surface area contributed by atoms with E-state index in [1.807, 2.05) is 36.7 Å². The molecule has 1 aromatic heterocycles. The number of aromatic nitrogens is 1. The summed E-state index contributed by atoms with van der Waals surface area (Å²) in [6, 6.07) is 7.45. The van der Waals surface area contributed by atoms with Gasteiger partial charge in [0.05, 0.1) is 17.7 Å². The molecule has 0 aliphatic heterocycles. The number of benzene rings is 1. The Hall–Kier alpha value is -2.96. The average Bonchev–Trinajstić information content (AvgIpc) is 2.56. The zero-order valence-electron chi connectivity index (χ0n) is 14.1. The largest absolute Gasteiger partial charge is 0.495 e. The van der Waals surface area contributed by atoms with E-state index < -0.39 is 11.0 Å². The molecule has 126 valence electrons. The number of amides is 1. The number of methoxy groups -OCH3 is 1. The number of carbonyl (C=O) groups excluding carboxylic acids is 1. The van der Waals surface area contributed by atoms with Crippen LogP contribution >= 0.6 is 0 Å². The van der Waals surface area contributed by atoms with Crippen molar-refractivity contribution in [2.75, 3.05) is 12.4 Å².